The average molecular weight is 480 g/mol. The topological polar surface area (TPSA) is 66.2 Å². The van der Waals surface area contributed by atoms with Crippen LogP contribution in [0, 0.1) is 0 Å². The van der Waals surface area contributed by atoms with Gasteiger partial charge in [0.15, 0.2) is 28.3 Å². The number of nitrogens with zero attached hydrogens (tertiary/aromatic N) is 3. The second-order valence-corrected chi connectivity index (χ2v) is 8.49. The Morgan fingerprint density at radius 1 is 0.939 bits per heavy atom. The van der Waals surface area contributed by atoms with Gasteiger partial charge in [-0.15, -0.1) is 10.2 Å². The molecule has 0 saturated carbocycles. The highest BCUT2D eigenvalue weighted by atomic mass is 35.5. The fourth-order valence-electron chi connectivity index (χ4n) is 3.37. The predicted octanol–water partition coefficient (Wildman–Crippen LogP) is 5.64. The molecule has 6 nitrogen and oxygen atoms in total. The van der Waals surface area contributed by atoms with Crippen molar-refractivity contribution in [3.05, 3.63) is 88.9 Å². The number of carbonyl (C=O) groups is 1. The summed E-state index contributed by atoms with van der Waals surface area (Å²) in [6.45, 7) is 0.557. The van der Waals surface area contributed by atoms with Gasteiger partial charge in [0.2, 0.25) is 0 Å². The molecule has 1 heterocycles. The van der Waals surface area contributed by atoms with Gasteiger partial charge in [-0.2, -0.15) is 0 Å². The highest BCUT2D eigenvalue weighted by Gasteiger charge is 2.19. The lowest BCUT2D eigenvalue weighted by atomic mass is 10.1. The smallest absolute Gasteiger partial charge is 0.192 e. The Labute approximate surface area is 201 Å². The predicted molar refractivity (Wildman–Crippen MR) is 131 cm³/mol. The largest absolute Gasteiger partial charge is 0.493 e. The summed E-state index contributed by atoms with van der Waals surface area (Å²) in [4.78, 5) is 12.9. The van der Waals surface area contributed by atoms with Crippen LogP contribution in [-0.4, -0.2) is 40.5 Å². The number of benzene rings is 3. The summed E-state index contributed by atoms with van der Waals surface area (Å²) in [5.74, 6) is 1.90. The van der Waals surface area contributed by atoms with Crippen LogP contribution in [0.5, 0.6) is 11.5 Å². The highest BCUT2D eigenvalue weighted by molar-refractivity contribution is 7.99. The zero-order valence-electron chi connectivity index (χ0n) is 18.2. The Bertz CT molecular complexity index is 1260. The van der Waals surface area contributed by atoms with Crippen LogP contribution in [0.2, 0.25) is 5.02 Å². The molecule has 0 amide bonds. The molecule has 0 bridgehead atoms. The van der Waals surface area contributed by atoms with E-state index >= 15 is 0 Å². The van der Waals surface area contributed by atoms with Crippen molar-refractivity contribution in [2.45, 2.75) is 11.7 Å². The molecule has 8 heteroatoms. The maximum Gasteiger partial charge on any atom is 0.192 e. The number of ether oxygens (including phenoxy) is 2. The summed E-state index contributed by atoms with van der Waals surface area (Å²) in [5, 5.41) is 10.0. The number of ketones is 1. The monoisotopic (exact) mass is 479 g/mol. The average Bonchev–Trinajstić information content (AvgIpc) is 3.24. The number of carbonyl (C=O) groups excluding carboxylic acids is 1. The van der Waals surface area contributed by atoms with Gasteiger partial charge in [-0.25, -0.2) is 0 Å². The van der Waals surface area contributed by atoms with E-state index in [2.05, 4.69) is 10.2 Å². The summed E-state index contributed by atoms with van der Waals surface area (Å²) in [6, 6.07) is 22.7. The van der Waals surface area contributed by atoms with Gasteiger partial charge in [-0.3, -0.25) is 9.36 Å². The molecule has 4 rings (SSSR count). The van der Waals surface area contributed by atoms with Crippen LogP contribution in [-0.2, 0) is 6.54 Å². The number of rotatable bonds is 9. The molecule has 0 aliphatic rings. The third kappa shape index (κ3) is 5.21. The van der Waals surface area contributed by atoms with Gasteiger partial charge in [0.1, 0.15) is 0 Å². The van der Waals surface area contributed by atoms with Crippen molar-refractivity contribution in [2.75, 3.05) is 20.0 Å². The fourth-order valence-corrected chi connectivity index (χ4v) is 4.42. The van der Waals surface area contributed by atoms with Crippen LogP contribution in [0.1, 0.15) is 15.9 Å². The van der Waals surface area contributed by atoms with E-state index in [1.807, 2.05) is 59.2 Å². The van der Waals surface area contributed by atoms with Gasteiger partial charge in [0.05, 0.1) is 31.5 Å². The molecule has 0 aliphatic carbocycles. The van der Waals surface area contributed by atoms with E-state index in [1.54, 1.807) is 32.4 Å². The molecule has 0 N–H and O–H groups in total. The summed E-state index contributed by atoms with van der Waals surface area (Å²) in [5.41, 5.74) is 2.43. The maximum absolute atomic E-state index is 12.9. The quantitative estimate of drug-likeness (QED) is 0.228. The molecule has 0 atom stereocenters. The zero-order valence-corrected chi connectivity index (χ0v) is 19.8. The first-order valence-electron chi connectivity index (χ1n) is 10.2. The third-order valence-electron chi connectivity index (χ3n) is 5.05. The number of aromatic nitrogens is 3. The van der Waals surface area contributed by atoms with Crippen molar-refractivity contribution in [1.29, 1.82) is 0 Å². The van der Waals surface area contributed by atoms with E-state index in [4.69, 9.17) is 21.1 Å². The molecule has 33 heavy (non-hydrogen) atoms. The minimum Gasteiger partial charge on any atom is -0.493 e. The summed E-state index contributed by atoms with van der Waals surface area (Å²) in [7, 11) is 3.11. The molecule has 0 aliphatic heterocycles. The SMILES string of the molecule is COc1ccc(C(=O)CSc2nnc(-c3ccccc3Cl)n2Cc2ccccc2)cc1OC. The van der Waals surface area contributed by atoms with Crippen molar-refractivity contribution >= 4 is 29.1 Å². The second kappa shape index (κ2) is 10.6. The van der Waals surface area contributed by atoms with Crippen molar-refractivity contribution in [2.24, 2.45) is 0 Å². The second-order valence-electron chi connectivity index (χ2n) is 7.14. The van der Waals surface area contributed by atoms with Crippen molar-refractivity contribution in [3.63, 3.8) is 0 Å². The van der Waals surface area contributed by atoms with Gasteiger partial charge in [0.25, 0.3) is 0 Å². The highest BCUT2D eigenvalue weighted by Crippen LogP contribution is 2.31. The zero-order chi connectivity index (χ0) is 23.2. The Morgan fingerprint density at radius 2 is 1.67 bits per heavy atom. The first-order chi connectivity index (χ1) is 16.1. The first kappa shape index (κ1) is 22.9. The van der Waals surface area contributed by atoms with Crippen molar-refractivity contribution in [3.8, 4) is 22.9 Å². The standard InChI is InChI=1S/C25H22ClN3O3S/c1-31-22-13-12-18(14-23(22)32-2)21(30)16-33-25-28-27-24(19-10-6-7-11-20(19)26)29(25)15-17-8-4-3-5-9-17/h3-14H,15-16H2,1-2H3. The van der Waals surface area contributed by atoms with Gasteiger partial charge in [-0.05, 0) is 35.9 Å². The van der Waals surface area contributed by atoms with Gasteiger partial charge >= 0.3 is 0 Å². The Kier molecular flexibility index (Phi) is 7.32. The minimum atomic E-state index is -0.0468. The Balaban J connectivity index is 1.61. The summed E-state index contributed by atoms with van der Waals surface area (Å²) < 4.78 is 12.6. The van der Waals surface area contributed by atoms with E-state index in [0.717, 1.165) is 11.1 Å². The van der Waals surface area contributed by atoms with Crippen LogP contribution in [0.4, 0.5) is 0 Å². The maximum atomic E-state index is 12.9. The number of thioether (sulfide) groups is 1. The normalized spacial score (nSPS) is 10.8. The molecule has 3 aromatic carbocycles. The molecule has 1 aromatic heterocycles. The molecular weight excluding hydrogens is 458 g/mol. The van der Waals surface area contributed by atoms with E-state index in [-0.39, 0.29) is 11.5 Å². The molecule has 0 radical (unpaired) electrons. The molecular formula is C25H22ClN3O3S. The number of methoxy groups -OCH3 is 2. The van der Waals surface area contributed by atoms with Crippen LogP contribution in [0.3, 0.4) is 0 Å². The van der Waals surface area contributed by atoms with Crippen LogP contribution in [0.25, 0.3) is 11.4 Å². The lowest BCUT2D eigenvalue weighted by Gasteiger charge is -2.12. The van der Waals surface area contributed by atoms with E-state index < -0.39 is 0 Å². The summed E-state index contributed by atoms with van der Waals surface area (Å²) >= 11 is 7.78. The van der Waals surface area contributed by atoms with E-state index in [0.29, 0.717) is 39.6 Å². The van der Waals surface area contributed by atoms with Crippen molar-refractivity contribution in [1.82, 2.24) is 14.8 Å². The fraction of sp³-hybridized carbons (Fsp3) is 0.160. The van der Waals surface area contributed by atoms with E-state index in [9.17, 15) is 4.79 Å². The molecule has 168 valence electrons. The Morgan fingerprint density at radius 3 is 2.39 bits per heavy atom. The van der Waals surface area contributed by atoms with Gasteiger partial charge < -0.3 is 9.47 Å². The van der Waals surface area contributed by atoms with E-state index in [1.165, 1.54) is 11.8 Å². The third-order valence-corrected chi connectivity index (χ3v) is 6.35. The number of halogens is 1. The molecule has 4 aromatic rings. The van der Waals surface area contributed by atoms with Crippen LogP contribution < -0.4 is 9.47 Å². The van der Waals surface area contributed by atoms with Crippen molar-refractivity contribution < 1.29 is 14.3 Å². The molecule has 0 fully saturated rings. The molecule has 0 spiro atoms. The Hall–Kier alpha value is -3.29. The van der Waals surface area contributed by atoms with Gasteiger partial charge in [0, 0.05) is 11.1 Å². The van der Waals surface area contributed by atoms with Crippen LogP contribution in [0.15, 0.2) is 78.0 Å². The number of hydrogen-bond donors (Lipinski definition) is 0. The van der Waals surface area contributed by atoms with Crippen LogP contribution >= 0.6 is 23.4 Å². The van der Waals surface area contributed by atoms with Gasteiger partial charge in [-0.1, -0.05) is 65.8 Å². The summed E-state index contributed by atoms with van der Waals surface area (Å²) in [6.07, 6.45) is 0. The minimum absolute atomic E-state index is 0.0468. The number of hydrogen-bond acceptors (Lipinski definition) is 6. The lowest BCUT2D eigenvalue weighted by molar-refractivity contribution is 0.102. The number of Topliss-reactive ketones (excluding diaryl/α,β-unsaturated/α-hetero) is 1. The molecule has 0 saturated heterocycles. The molecule has 0 unspecified atom stereocenters. The lowest BCUT2D eigenvalue weighted by Crippen LogP contribution is -2.07. The first-order valence-corrected chi connectivity index (χ1v) is 11.6.